The number of benzene rings is 1. The van der Waals surface area contributed by atoms with Crippen molar-refractivity contribution < 1.29 is 0 Å². The maximum Gasteiger partial charge on any atom is 0.0205 e. The Labute approximate surface area is 93.1 Å². The molecule has 1 rings (SSSR count). The van der Waals surface area contributed by atoms with E-state index in [0.29, 0.717) is 0 Å². The highest BCUT2D eigenvalue weighted by Crippen LogP contribution is 2.05. The summed E-state index contributed by atoms with van der Waals surface area (Å²) in [5.41, 5.74) is 2.81. The first-order chi connectivity index (χ1) is 7.36. The Hall–Kier alpha value is -0.860. The Morgan fingerprint density at radius 1 is 1.13 bits per heavy atom. The Balaban J connectivity index is 2.24. The molecule has 0 bridgehead atoms. The van der Waals surface area contributed by atoms with Crippen LogP contribution in [0.2, 0.25) is 0 Å². The molecular weight excluding hydrogens is 184 g/mol. The Bertz CT molecular complexity index is 271. The average Bonchev–Trinajstić information content (AvgIpc) is 2.29. The van der Waals surface area contributed by atoms with E-state index in [2.05, 4.69) is 41.8 Å². The highest BCUT2D eigenvalue weighted by molar-refractivity contribution is 5.23. The number of hydrogen-bond donors (Lipinski definition) is 2. The molecular formula is C13H22N2. The molecule has 0 amide bonds. The second-order valence-electron chi connectivity index (χ2n) is 3.81. The summed E-state index contributed by atoms with van der Waals surface area (Å²) in [6.07, 6.45) is 2.30. The summed E-state index contributed by atoms with van der Waals surface area (Å²) in [7, 11) is 1.99. The van der Waals surface area contributed by atoms with Crippen LogP contribution in [0.25, 0.3) is 0 Å². The third-order valence-corrected chi connectivity index (χ3v) is 2.51. The second-order valence-corrected chi connectivity index (χ2v) is 3.81. The van der Waals surface area contributed by atoms with Gasteiger partial charge < -0.3 is 10.6 Å². The molecule has 0 aliphatic carbocycles. The quantitative estimate of drug-likeness (QED) is 0.666. The van der Waals surface area contributed by atoms with Crippen molar-refractivity contribution in [3.05, 3.63) is 35.4 Å². The molecule has 0 spiro atoms. The van der Waals surface area contributed by atoms with Crippen molar-refractivity contribution >= 4 is 0 Å². The van der Waals surface area contributed by atoms with Gasteiger partial charge in [0, 0.05) is 6.54 Å². The minimum atomic E-state index is 0.984. The lowest BCUT2D eigenvalue weighted by atomic mass is 10.1. The van der Waals surface area contributed by atoms with Crippen molar-refractivity contribution in [3.8, 4) is 0 Å². The molecule has 15 heavy (non-hydrogen) atoms. The van der Waals surface area contributed by atoms with Crippen LogP contribution < -0.4 is 10.6 Å². The SMILES string of the molecule is CCc1cccc(CNCCCNC)c1. The van der Waals surface area contributed by atoms with Gasteiger partial charge in [0.15, 0.2) is 0 Å². The fraction of sp³-hybridized carbons (Fsp3) is 0.538. The molecule has 2 N–H and O–H groups in total. The zero-order valence-corrected chi connectivity index (χ0v) is 9.84. The van der Waals surface area contributed by atoms with Crippen molar-refractivity contribution in [2.24, 2.45) is 0 Å². The number of hydrogen-bond acceptors (Lipinski definition) is 2. The molecule has 2 nitrogen and oxygen atoms in total. The first-order valence-corrected chi connectivity index (χ1v) is 5.80. The molecule has 0 aliphatic rings. The van der Waals surface area contributed by atoms with E-state index in [1.54, 1.807) is 0 Å². The summed E-state index contributed by atoms with van der Waals surface area (Å²) in [5.74, 6) is 0. The van der Waals surface area contributed by atoms with E-state index in [9.17, 15) is 0 Å². The summed E-state index contributed by atoms with van der Waals surface area (Å²) in [4.78, 5) is 0. The number of rotatable bonds is 7. The first kappa shape index (κ1) is 12.2. The van der Waals surface area contributed by atoms with Gasteiger partial charge in [0.2, 0.25) is 0 Å². The van der Waals surface area contributed by atoms with Crippen LogP contribution in [0.15, 0.2) is 24.3 Å². The van der Waals surface area contributed by atoms with E-state index in [1.807, 2.05) is 7.05 Å². The molecule has 0 aliphatic heterocycles. The van der Waals surface area contributed by atoms with Crippen LogP contribution in [0.3, 0.4) is 0 Å². The van der Waals surface area contributed by atoms with Crippen LogP contribution in [-0.4, -0.2) is 20.1 Å². The lowest BCUT2D eigenvalue weighted by Crippen LogP contribution is -2.19. The van der Waals surface area contributed by atoms with Gasteiger partial charge in [0.1, 0.15) is 0 Å². The minimum Gasteiger partial charge on any atom is -0.320 e. The van der Waals surface area contributed by atoms with Crippen molar-refractivity contribution in [2.45, 2.75) is 26.3 Å². The highest BCUT2D eigenvalue weighted by Gasteiger charge is 1.94. The average molecular weight is 206 g/mol. The molecule has 2 heteroatoms. The highest BCUT2D eigenvalue weighted by atomic mass is 14.9. The molecule has 1 aromatic carbocycles. The normalized spacial score (nSPS) is 10.5. The van der Waals surface area contributed by atoms with Gasteiger partial charge in [-0.2, -0.15) is 0 Å². The van der Waals surface area contributed by atoms with Gasteiger partial charge in [-0.1, -0.05) is 31.2 Å². The predicted molar refractivity (Wildman–Crippen MR) is 66.1 cm³/mol. The predicted octanol–water partition coefficient (Wildman–Crippen LogP) is 1.95. The van der Waals surface area contributed by atoms with Gasteiger partial charge in [0.25, 0.3) is 0 Å². The van der Waals surface area contributed by atoms with Crippen LogP contribution in [0, 0.1) is 0 Å². The van der Waals surface area contributed by atoms with Gasteiger partial charge in [-0.05, 0) is 44.1 Å². The lowest BCUT2D eigenvalue weighted by molar-refractivity contribution is 0.625. The van der Waals surface area contributed by atoms with Gasteiger partial charge in [-0.3, -0.25) is 0 Å². The Kier molecular flexibility index (Phi) is 6.05. The third kappa shape index (κ3) is 4.96. The van der Waals surface area contributed by atoms with Crippen LogP contribution in [0.1, 0.15) is 24.5 Å². The molecule has 0 atom stereocenters. The largest absolute Gasteiger partial charge is 0.320 e. The van der Waals surface area contributed by atoms with Crippen molar-refractivity contribution in [1.82, 2.24) is 10.6 Å². The van der Waals surface area contributed by atoms with Gasteiger partial charge in [-0.25, -0.2) is 0 Å². The smallest absolute Gasteiger partial charge is 0.0205 e. The maximum atomic E-state index is 3.45. The minimum absolute atomic E-state index is 0.984. The van der Waals surface area contributed by atoms with Crippen molar-refractivity contribution in [1.29, 1.82) is 0 Å². The summed E-state index contributed by atoms with van der Waals surface area (Å²) >= 11 is 0. The van der Waals surface area contributed by atoms with Gasteiger partial charge in [0.05, 0.1) is 0 Å². The fourth-order valence-electron chi connectivity index (χ4n) is 1.58. The van der Waals surface area contributed by atoms with E-state index < -0.39 is 0 Å². The first-order valence-electron chi connectivity index (χ1n) is 5.80. The molecule has 84 valence electrons. The molecule has 0 heterocycles. The van der Waals surface area contributed by atoms with E-state index >= 15 is 0 Å². The zero-order valence-electron chi connectivity index (χ0n) is 9.84. The van der Waals surface area contributed by atoms with Crippen molar-refractivity contribution in [2.75, 3.05) is 20.1 Å². The van der Waals surface area contributed by atoms with E-state index in [1.165, 1.54) is 17.5 Å². The maximum absolute atomic E-state index is 3.45. The van der Waals surface area contributed by atoms with Gasteiger partial charge >= 0.3 is 0 Å². The molecule has 0 fully saturated rings. The summed E-state index contributed by atoms with van der Waals surface area (Å²) < 4.78 is 0. The third-order valence-electron chi connectivity index (χ3n) is 2.51. The number of aryl methyl sites for hydroxylation is 1. The summed E-state index contributed by atoms with van der Waals surface area (Å²) in [6.45, 7) is 5.34. The van der Waals surface area contributed by atoms with Gasteiger partial charge in [-0.15, -0.1) is 0 Å². The lowest BCUT2D eigenvalue weighted by Gasteiger charge is -2.06. The van der Waals surface area contributed by atoms with E-state index in [4.69, 9.17) is 0 Å². The number of nitrogens with one attached hydrogen (secondary N) is 2. The zero-order chi connectivity index (χ0) is 10.9. The summed E-state index contributed by atoms with van der Waals surface area (Å²) in [6, 6.07) is 8.79. The Morgan fingerprint density at radius 2 is 1.93 bits per heavy atom. The van der Waals surface area contributed by atoms with E-state index in [-0.39, 0.29) is 0 Å². The molecule has 0 unspecified atom stereocenters. The van der Waals surface area contributed by atoms with Crippen LogP contribution >= 0.6 is 0 Å². The monoisotopic (exact) mass is 206 g/mol. The summed E-state index contributed by atoms with van der Waals surface area (Å²) in [5, 5.41) is 6.59. The van der Waals surface area contributed by atoms with Crippen molar-refractivity contribution in [3.63, 3.8) is 0 Å². The second kappa shape index (κ2) is 7.43. The van der Waals surface area contributed by atoms with Crippen LogP contribution in [-0.2, 0) is 13.0 Å². The molecule has 0 saturated heterocycles. The van der Waals surface area contributed by atoms with Crippen LogP contribution in [0.5, 0.6) is 0 Å². The molecule has 0 saturated carbocycles. The molecule has 0 aromatic heterocycles. The van der Waals surface area contributed by atoms with Crippen LogP contribution in [0.4, 0.5) is 0 Å². The standard InChI is InChI=1S/C13H22N2/c1-3-12-6-4-7-13(10-12)11-15-9-5-8-14-2/h4,6-7,10,14-15H,3,5,8-9,11H2,1-2H3. The Morgan fingerprint density at radius 3 is 2.67 bits per heavy atom. The molecule has 0 radical (unpaired) electrons. The topological polar surface area (TPSA) is 24.1 Å². The fourth-order valence-corrected chi connectivity index (χ4v) is 1.58. The van der Waals surface area contributed by atoms with E-state index in [0.717, 1.165) is 26.1 Å². The molecule has 1 aromatic rings.